The molecular formula is C24H27ClN2O4. The van der Waals surface area contributed by atoms with Crippen LogP contribution in [0.15, 0.2) is 34.9 Å². The first-order valence-electron chi connectivity index (χ1n) is 10.2. The number of benzene rings is 2. The molecule has 0 aliphatic heterocycles. The molecule has 1 amide bonds. The molecule has 0 atom stereocenters. The summed E-state index contributed by atoms with van der Waals surface area (Å²) in [5.74, 6) is 1.48. The van der Waals surface area contributed by atoms with Gasteiger partial charge in [0.15, 0.2) is 11.5 Å². The highest BCUT2D eigenvalue weighted by Gasteiger charge is 2.17. The minimum atomic E-state index is -0.234. The maximum atomic E-state index is 13.0. The van der Waals surface area contributed by atoms with Crippen LogP contribution in [0.2, 0.25) is 5.02 Å². The monoisotopic (exact) mass is 442 g/mol. The Kier molecular flexibility index (Phi) is 7.23. The Labute approximate surface area is 187 Å². The van der Waals surface area contributed by atoms with E-state index in [0.29, 0.717) is 34.5 Å². The van der Waals surface area contributed by atoms with Crippen molar-refractivity contribution in [2.45, 2.75) is 47.1 Å². The predicted molar refractivity (Wildman–Crippen MR) is 121 cm³/mol. The SMILES string of the molecule is CCc1ccc(Cl)c(CC)c1NC(=O)c1ccc(OCc2c(C)noc2C)c(OC)c1. The quantitative estimate of drug-likeness (QED) is 0.469. The van der Waals surface area contributed by atoms with Crippen LogP contribution >= 0.6 is 11.6 Å². The number of ether oxygens (including phenoxy) is 2. The number of carbonyl (C=O) groups is 1. The molecule has 0 spiro atoms. The van der Waals surface area contributed by atoms with Crippen molar-refractivity contribution in [3.8, 4) is 11.5 Å². The van der Waals surface area contributed by atoms with Crippen LogP contribution < -0.4 is 14.8 Å². The van der Waals surface area contributed by atoms with Crippen molar-refractivity contribution >= 4 is 23.2 Å². The zero-order valence-electron chi connectivity index (χ0n) is 18.5. The van der Waals surface area contributed by atoms with Gasteiger partial charge in [-0.1, -0.05) is 36.7 Å². The largest absolute Gasteiger partial charge is 0.493 e. The Hall–Kier alpha value is -2.99. The van der Waals surface area contributed by atoms with Gasteiger partial charge in [-0.05, 0) is 62.1 Å². The Balaban J connectivity index is 1.83. The molecule has 0 radical (unpaired) electrons. The average Bonchev–Trinajstić information content (AvgIpc) is 3.09. The molecule has 2 aromatic carbocycles. The Morgan fingerprint density at radius 3 is 2.48 bits per heavy atom. The molecule has 1 aromatic heterocycles. The summed E-state index contributed by atoms with van der Waals surface area (Å²) in [6, 6.07) is 8.93. The van der Waals surface area contributed by atoms with Gasteiger partial charge in [-0.25, -0.2) is 0 Å². The minimum absolute atomic E-state index is 0.234. The van der Waals surface area contributed by atoms with E-state index in [-0.39, 0.29) is 5.91 Å². The third-order valence-corrected chi connectivity index (χ3v) is 5.65. The number of amides is 1. The average molecular weight is 443 g/mol. The van der Waals surface area contributed by atoms with Gasteiger partial charge in [0.1, 0.15) is 12.4 Å². The Morgan fingerprint density at radius 1 is 1.10 bits per heavy atom. The smallest absolute Gasteiger partial charge is 0.255 e. The van der Waals surface area contributed by atoms with Crippen molar-refractivity contribution in [3.05, 3.63) is 69.1 Å². The zero-order chi connectivity index (χ0) is 22.5. The van der Waals surface area contributed by atoms with Crippen molar-refractivity contribution < 1.29 is 18.8 Å². The van der Waals surface area contributed by atoms with Crippen LogP contribution in [0.3, 0.4) is 0 Å². The molecule has 0 aliphatic rings. The molecule has 0 unspecified atom stereocenters. The molecule has 1 N–H and O–H groups in total. The van der Waals surface area contributed by atoms with Crippen LogP contribution in [0.4, 0.5) is 5.69 Å². The summed E-state index contributed by atoms with van der Waals surface area (Å²) in [6.07, 6.45) is 1.51. The van der Waals surface area contributed by atoms with Crippen LogP contribution in [0.1, 0.15) is 52.3 Å². The fraction of sp³-hybridized carbons (Fsp3) is 0.333. The molecule has 0 aliphatic carbocycles. The summed E-state index contributed by atoms with van der Waals surface area (Å²) in [6.45, 7) is 8.07. The van der Waals surface area contributed by atoms with E-state index in [0.717, 1.165) is 40.9 Å². The topological polar surface area (TPSA) is 73.6 Å². The van der Waals surface area contributed by atoms with Gasteiger partial charge < -0.3 is 19.3 Å². The normalized spacial score (nSPS) is 10.8. The molecule has 0 saturated heterocycles. The first kappa shape index (κ1) is 22.7. The standard InChI is InChI=1S/C24H27ClN2O4/c1-6-16-8-10-20(25)18(7-2)23(16)26-24(28)17-9-11-21(22(12-17)29-5)30-13-19-14(3)27-31-15(19)4/h8-12H,6-7,13H2,1-5H3,(H,26,28). The van der Waals surface area contributed by atoms with Crippen molar-refractivity contribution in [3.63, 3.8) is 0 Å². The van der Waals surface area contributed by atoms with E-state index in [1.165, 1.54) is 0 Å². The number of hydrogen-bond donors (Lipinski definition) is 1. The van der Waals surface area contributed by atoms with E-state index in [1.54, 1.807) is 25.3 Å². The summed E-state index contributed by atoms with van der Waals surface area (Å²) in [5, 5.41) is 7.62. The number of anilines is 1. The van der Waals surface area contributed by atoms with Gasteiger partial charge in [-0.2, -0.15) is 0 Å². The molecule has 6 nitrogen and oxygen atoms in total. The van der Waals surface area contributed by atoms with Gasteiger partial charge in [0.2, 0.25) is 0 Å². The van der Waals surface area contributed by atoms with E-state index in [4.69, 9.17) is 25.6 Å². The molecule has 0 bridgehead atoms. The minimum Gasteiger partial charge on any atom is -0.493 e. The maximum Gasteiger partial charge on any atom is 0.255 e. The fourth-order valence-corrected chi connectivity index (χ4v) is 3.73. The second kappa shape index (κ2) is 9.88. The van der Waals surface area contributed by atoms with Crippen LogP contribution in [0.5, 0.6) is 11.5 Å². The van der Waals surface area contributed by atoms with Crippen LogP contribution in [-0.2, 0) is 19.4 Å². The van der Waals surface area contributed by atoms with Gasteiger partial charge in [-0.3, -0.25) is 4.79 Å². The lowest BCUT2D eigenvalue weighted by Gasteiger charge is -2.17. The second-order valence-electron chi connectivity index (χ2n) is 7.18. The van der Waals surface area contributed by atoms with Crippen LogP contribution in [0, 0.1) is 13.8 Å². The molecule has 164 valence electrons. The number of hydrogen-bond acceptors (Lipinski definition) is 5. The number of carbonyl (C=O) groups excluding carboxylic acids is 1. The lowest BCUT2D eigenvalue weighted by Crippen LogP contribution is -2.15. The van der Waals surface area contributed by atoms with E-state index < -0.39 is 0 Å². The highest BCUT2D eigenvalue weighted by Crippen LogP contribution is 2.32. The number of aryl methyl sites for hydroxylation is 3. The number of halogens is 1. The van der Waals surface area contributed by atoms with E-state index in [9.17, 15) is 4.79 Å². The number of methoxy groups -OCH3 is 1. The van der Waals surface area contributed by atoms with Crippen LogP contribution in [0.25, 0.3) is 0 Å². The molecular weight excluding hydrogens is 416 g/mol. The number of nitrogens with one attached hydrogen (secondary N) is 1. The molecule has 31 heavy (non-hydrogen) atoms. The van der Waals surface area contributed by atoms with E-state index >= 15 is 0 Å². The fourth-order valence-electron chi connectivity index (χ4n) is 3.44. The van der Waals surface area contributed by atoms with Crippen molar-refractivity contribution in [1.29, 1.82) is 0 Å². The molecule has 7 heteroatoms. The van der Waals surface area contributed by atoms with Gasteiger partial charge in [0.25, 0.3) is 5.91 Å². The molecule has 0 fully saturated rings. The van der Waals surface area contributed by atoms with E-state index in [2.05, 4.69) is 10.5 Å². The lowest BCUT2D eigenvalue weighted by atomic mass is 10.0. The number of aromatic nitrogens is 1. The first-order valence-corrected chi connectivity index (χ1v) is 10.6. The Bertz CT molecular complexity index is 1070. The van der Waals surface area contributed by atoms with Crippen molar-refractivity contribution in [1.82, 2.24) is 5.16 Å². The lowest BCUT2D eigenvalue weighted by molar-refractivity contribution is 0.102. The van der Waals surface area contributed by atoms with Gasteiger partial charge in [-0.15, -0.1) is 0 Å². The number of rotatable bonds is 8. The molecule has 3 aromatic rings. The van der Waals surface area contributed by atoms with Gasteiger partial charge >= 0.3 is 0 Å². The summed E-state index contributed by atoms with van der Waals surface area (Å²) in [7, 11) is 1.54. The van der Waals surface area contributed by atoms with Crippen LogP contribution in [-0.4, -0.2) is 18.2 Å². The second-order valence-corrected chi connectivity index (χ2v) is 7.59. The first-order chi connectivity index (χ1) is 14.9. The summed E-state index contributed by atoms with van der Waals surface area (Å²) in [5.41, 5.74) is 4.89. The van der Waals surface area contributed by atoms with Gasteiger partial charge in [0, 0.05) is 16.3 Å². The summed E-state index contributed by atoms with van der Waals surface area (Å²) < 4.78 is 16.5. The molecule has 1 heterocycles. The van der Waals surface area contributed by atoms with Gasteiger partial charge in [0.05, 0.1) is 18.4 Å². The van der Waals surface area contributed by atoms with Crippen molar-refractivity contribution in [2.24, 2.45) is 0 Å². The highest BCUT2D eigenvalue weighted by molar-refractivity contribution is 6.32. The van der Waals surface area contributed by atoms with Crippen molar-refractivity contribution in [2.75, 3.05) is 12.4 Å². The van der Waals surface area contributed by atoms with E-state index in [1.807, 2.05) is 39.8 Å². The maximum absolute atomic E-state index is 13.0. The highest BCUT2D eigenvalue weighted by atomic mass is 35.5. The number of nitrogens with zero attached hydrogens (tertiary/aromatic N) is 1. The molecule has 3 rings (SSSR count). The summed E-state index contributed by atoms with van der Waals surface area (Å²) in [4.78, 5) is 13.0. The zero-order valence-corrected chi connectivity index (χ0v) is 19.2. The third kappa shape index (κ3) is 4.85. The third-order valence-electron chi connectivity index (χ3n) is 5.29. The molecule has 0 saturated carbocycles. The predicted octanol–water partition coefficient (Wildman–Crippen LogP) is 5.91. The Morgan fingerprint density at radius 2 is 1.87 bits per heavy atom. The summed E-state index contributed by atoms with van der Waals surface area (Å²) >= 11 is 6.36.